The fraction of sp³-hybridized carbons (Fsp3) is 0. The van der Waals surface area contributed by atoms with Crippen molar-refractivity contribution in [1.29, 1.82) is 0 Å². The molecular weight excluding hydrogens is 446 g/mol. The Bertz CT molecular complexity index is 2330. The smallest absolute Gasteiger partial charge is 0.136 e. The van der Waals surface area contributed by atoms with Crippen molar-refractivity contribution < 1.29 is 4.42 Å². The molecule has 35 heavy (non-hydrogen) atoms. The van der Waals surface area contributed by atoms with Crippen molar-refractivity contribution in [1.82, 2.24) is 4.40 Å². The molecule has 5 aromatic carbocycles. The topological polar surface area (TPSA) is 17.6 Å². The number of hydrogen-bond donors (Lipinski definition) is 0. The third-order valence-corrected chi connectivity index (χ3v) is 8.68. The molecule has 0 N–H and O–H groups in total. The van der Waals surface area contributed by atoms with Crippen LogP contribution in [-0.2, 0) is 0 Å². The van der Waals surface area contributed by atoms with E-state index in [1.54, 1.807) is 0 Å². The molecule has 4 heterocycles. The number of pyridine rings is 1. The first kappa shape index (κ1) is 18.0. The number of para-hydroxylation sites is 1. The Kier molecular flexibility index (Phi) is 3.20. The van der Waals surface area contributed by atoms with Gasteiger partial charge in [-0.25, -0.2) is 0 Å². The molecular formula is C32H17NOS. The van der Waals surface area contributed by atoms with Crippen LogP contribution in [0.2, 0.25) is 0 Å². The summed E-state index contributed by atoms with van der Waals surface area (Å²) in [4.78, 5) is 0. The molecule has 0 fully saturated rings. The molecule has 9 rings (SSSR count). The number of hydrogen-bond acceptors (Lipinski definition) is 2. The minimum atomic E-state index is 0.933. The minimum absolute atomic E-state index is 0.933. The van der Waals surface area contributed by atoms with Gasteiger partial charge in [0, 0.05) is 64.1 Å². The maximum Gasteiger partial charge on any atom is 0.136 e. The van der Waals surface area contributed by atoms with E-state index in [-0.39, 0.29) is 0 Å². The highest BCUT2D eigenvalue weighted by Crippen LogP contribution is 2.45. The number of furan rings is 1. The largest absolute Gasteiger partial charge is 0.456 e. The molecule has 0 bridgehead atoms. The number of aromatic nitrogens is 1. The molecule has 0 saturated heterocycles. The minimum Gasteiger partial charge on any atom is -0.456 e. The summed E-state index contributed by atoms with van der Waals surface area (Å²) in [6, 6.07) is 35.1. The first-order valence-corrected chi connectivity index (χ1v) is 12.7. The van der Waals surface area contributed by atoms with Crippen molar-refractivity contribution in [2.75, 3.05) is 0 Å². The average molecular weight is 464 g/mol. The van der Waals surface area contributed by atoms with Gasteiger partial charge in [-0.15, -0.1) is 11.3 Å². The van der Waals surface area contributed by atoms with Gasteiger partial charge in [0.15, 0.2) is 0 Å². The molecule has 0 atom stereocenters. The summed E-state index contributed by atoms with van der Waals surface area (Å²) in [6.45, 7) is 0. The molecule has 0 aliphatic carbocycles. The Morgan fingerprint density at radius 2 is 1.34 bits per heavy atom. The van der Waals surface area contributed by atoms with Gasteiger partial charge >= 0.3 is 0 Å². The standard InChI is InChI=1S/C32H17NOS/c1-2-8-19-18(7-1)17-33-25-15-23-20-9-3-5-11-26(20)34-27(23)16-24(25)30-22(32(19)33)13-14-29-31(30)21-10-4-6-12-28(21)35-29/h1-17H. The van der Waals surface area contributed by atoms with Crippen LogP contribution in [0.15, 0.2) is 108 Å². The van der Waals surface area contributed by atoms with E-state index in [0.29, 0.717) is 0 Å². The van der Waals surface area contributed by atoms with Crippen LogP contribution in [0, 0.1) is 0 Å². The van der Waals surface area contributed by atoms with Gasteiger partial charge in [0.05, 0.1) is 11.0 Å². The van der Waals surface area contributed by atoms with Crippen LogP contribution in [0.5, 0.6) is 0 Å². The van der Waals surface area contributed by atoms with E-state index in [2.05, 4.69) is 102 Å². The first-order chi connectivity index (χ1) is 17.3. The molecule has 0 unspecified atom stereocenters. The Morgan fingerprint density at radius 3 is 2.29 bits per heavy atom. The van der Waals surface area contributed by atoms with Gasteiger partial charge in [-0.3, -0.25) is 0 Å². The molecule has 0 amide bonds. The van der Waals surface area contributed by atoms with Gasteiger partial charge in [0.2, 0.25) is 0 Å². The van der Waals surface area contributed by atoms with E-state index in [1.807, 2.05) is 17.4 Å². The zero-order valence-corrected chi connectivity index (χ0v) is 19.4. The molecule has 0 aliphatic heterocycles. The lowest BCUT2D eigenvalue weighted by Gasteiger charge is -2.11. The maximum absolute atomic E-state index is 6.35. The van der Waals surface area contributed by atoms with Gasteiger partial charge in [-0.05, 0) is 30.3 Å². The predicted octanol–water partition coefficient (Wildman–Crippen LogP) is 9.67. The zero-order valence-electron chi connectivity index (χ0n) is 18.6. The highest BCUT2D eigenvalue weighted by atomic mass is 32.1. The Balaban J connectivity index is 1.66. The normalized spacial score (nSPS) is 12.6. The predicted molar refractivity (Wildman–Crippen MR) is 150 cm³/mol. The maximum atomic E-state index is 6.35. The van der Waals surface area contributed by atoms with E-state index >= 15 is 0 Å². The van der Waals surface area contributed by atoms with Gasteiger partial charge in [0.25, 0.3) is 0 Å². The summed E-state index contributed by atoms with van der Waals surface area (Å²) in [7, 11) is 0. The van der Waals surface area contributed by atoms with Crippen molar-refractivity contribution in [2.45, 2.75) is 0 Å². The lowest BCUT2D eigenvalue weighted by molar-refractivity contribution is 0.669. The second-order valence-electron chi connectivity index (χ2n) is 9.36. The van der Waals surface area contributed by atoms with Crippen molar-refractivity contribution >= 4 is 91.4 Å². The lowest BCUT2D eigenvalue weighted by atomic mass is 9.97. The fourth-order valence-electron chi connectivity index (χ4n) is 6.08. The van der Waals surface area contributed by atoms with E-state index in [9.17, 15) is 0 Å². The van der Waals surface area contributed by atoms with Crippen LogP contribution in [-0.4, -0.2) is 4.40 Å². The molecule has 0 aliphatic rings. The first-order valence-electron chi connectivity index (χ1n) is 11.9. The summed E-state index contributed by atoms with van der Waals surface area (Å²) in [5.74, 6) is 0. The third-order valence-electron chi connectivity index (χ3n) is 7.55. The molecule has 3 heteroatoms. The van der Waals surface area contributed by atoms with Crippen molar-refractivity contribution in [2.24, 2.45) is 0 Å². The number of rotatable bonds is 0. The van der Waals surface area contributed by atoms with E-state index in [0.717, 1.165) is 21.9 Å². The molecule has 2 nitrogen and oxygen atoms in total. The van der Waals surface area contributed by atoms with Gasteiger partial charge in [0.1, 0.15) is 11.2 Å². The Hall–Kier alpha value is -4.34. The Morgan fingerprint density at radius 1 is 0.543 bits per heavy atom. The van der Waals surface area contributed by atoms with E-state index < -0.39 is 0 Å². The summed E-state index contributed by atoms with van der Waals surface area (Å²) in [5.41, 5.74) is 4.35. The monoisotopic (exact) mass is 463 g/mol. The summed E-state index contributed by atoms with van der Waals surface area (Å²) in [6.07, 6.45) is 2.29. The van der Waals surface area contributed by atoms with Gasteiger partial charge in [-0.2, -0.15) is 0 Å². The third kappa shape index (κ3) is 2.20. The molecule has 4 aromatic heterocycles. The molecule has 0 radical (unpaired) electrons. The number of benzene rings is 5. The van der Waals surface area contributed by atoms with Crippen LogP contribution in [0.1, 0.15) is 0 Å². The van der Waals surface area contributed by atoms with Gasteiger partial charge < -0.3 is 8.82 Å². The van der Waals surface area contributed by atoms with Crippen molar-refractivity contribution in [3.63, 3.8) is 0 Å². The second kappa shape index (κ2) is 6.21. The van der Waals surface area contributed by atoms with E-state index in [4.69, 9.17) is 4.42 Å². The number of fused-ring (bicyclic) bond motifs is 15. The summed E-state index contributed by atoms with van der Waals surface area (Å²) < 4.78 is 11.4. The average Bonchev–Trinajstić information content (AvgIpc) is 3.58. The van der Waals surface area contributed by atoms with Gasteiger partial charge in [-0.1, -0.05) is 66.7 Å². The highest BCUT2D eigenvalue weighted by Gasteiger charge is 2.19. The van der Waals surface area contributed by atoms with Crippen LogP contribution < -0.4 is 0 Å². The molecule has 0 spiro atoms. The Labute approximate surface area is 203 Å². The SMILES string of the molecule is c1ccc2c(c1)cn1c3cc4c(cc3c3c(ccc5sc6ccccc6c53)c21)oc1ccccc14. The van der Waals surface area contributed by atoms with Crippen LogP contribution >= 0.6 is 11.3 Å². The van der Waals surface area contributed by atoms with Crippen LogP contribution in [0.4, 0.5) is 0 Å². The number of thiophene rings is 1. The van der Waals surface area contributed by atoms with Crippen LogP contribution in [0.3, 0.4) is 0 Å². The van der Waals surface area contributed by atoms with Crippen molar-refractivity contribution in [3.8, 4) is 0 Å². The lowest BCUT2D eigenvalue weighted by Crippen LogP contribution is -1.90. The summed E-state index contributed by atoms with van der Waals surface area (Å²) in [5, 5.41) is 11.4. The highest BCUT2D eigenvalue weighted by molar-refractivity contribution is 7.26. The van der Waals surface area contributed by atoms with E-state index in [1.165, 1.54) is 58.1 Å². The fourth-order valence-corrected chi connectivity index (χ4v) is 7.19. The molecule has 162 valence electrons. The zero-order chi connectivity index (χ0) is 22.7. The molecule has 0 saturated carbocycles. The van der Waals surface area contributed by atoms with Crippen LogP contribution in [0.25, 0.3) is 80.1 Å². The molecule has 9 aromatic rings. The second-order valence-corrected chi connectivity index (χ2v) is 10.4. The summed E-state index contributed by atoms with van der Waals surface area (Å²) >= 11 is 1.87. The number of nitrogens with zero attached hydrogens (tertiary/aromatic N) is 1. The van der Waals surface area contributed by atoms with Crippen molar-refractivity contribution in [3.05, 3.63) is 103 Å². The quantitative estimate of drug-likeness (QED) is 0.205.